The number of Topliss-reactive ketones (excluding diaryl/α,β-unsaturated/α-hetero) is 1. The third kappa shape index (κ3) is 6.25. The minimum Gasteiger partial charge on any atom is -0.507 e. The fourth-order valence-electron chi connectivity index (χ4n) is 4.55. The van der Waals surface area contributed by atoms with Gasteiger partial charge in [0.1, 0.15) is 11.5 Å². The summed E-state index contributed by atoms with van der Waals surface area (Å²) in [6, 6.07) is 11.4. The number of ether oxygens (including phenoxy) is 3. The Morgan fingerprint density at radius 1 is 0.973 bits per heavy atom. The summed E-state index contributed by atoms with van der Waals surface area (Å²) >= 11 is 0. The Labute approximate surface area is 219 Å². The Balaban J connectivity index is 2.07. The number of aliphatic hydroxyl groups excluding tert-OH is 1. The minimum atomic E-state index is -0.757. The quantitative estimate of drug-likeness (QED) is 0.238. The van der Waals surface area contributed by atoms with Crippen molar-refractivity contribution in [3.63, 3.8) is 0 Å². The molecular formula is C29H38N2O6. The van der Waals surface area contributed by atoms with Gasteiger partial charge < -0.3 is 29.1 Å². The van der Waals surface area contributed by atoms with Gasteiger partial charge in [-0.1, -0.05) is 26.8 Å². The lowest BCUT2D eigenvalue weighted by atomic mass is 9.95. The van der Waals surface area contributed by atoms with Gasteiger partial charge in [-0.15, -0.1) is 0 Å². The molecule has 1 atom stereocenters. The molecule has 0 spiro atoms. The molecule has 1 amide bonds. The lowest BCUT2D eigenvalue weighted by molar-refractivity contribution is -0.140. The zero-order valence-electron chi connectivity index (χ0n) is 22.5. The van der Waals surface area contributed by atoms with Gasteiger partial charge in [-0.25, -0.2) is 0 Å². The van der Waals surface area contributed by atoms with Gasteiger partial charge in [0, 0.05) is 12.1 Å². The van der Waals surface area contributed by atoms with Crippen molar-refractivity contribution in [3.8, 4) is 17.2 Å². The van der Waals surface area contributed by atoms with Crippen molar-refractivity contribution >= 4 is 17.4 Å². The summed E-state index contributed by atoms with van der Waals surface area (Å²) in [5, 5.41) is 11.3. The zero-order chi connectivity index (χ0) is 26.9. The number of likely N-dealkylation sites (tertiary alicyclic amines) is 1. The van der Waals surface area contributed by atoms with Crippen LogP contribution in [0, 0.1) is 0 Å². The SMILES string of the molecule is CCCOc1ccc([C@@H]2C(=C(O)c3ccc(OC)cc3)C(=O)C(=O)N2CCCN(CC)CC)cc1OC. The van der Waals surface area contributed by atoms with Crippen molar-refractivity contribution in [2.24, 2.45) is 0 Å². The number of benzene rings is 2. The van der Waals surface area contributed by atoms with E-state index in [0.717, 1.165) is 26.1 Å². The maximum absolute atomic E-state index is 13.3. The van der Waals surface area contributed by atoms with Crippen LogP contribution in [0.5, 0.6) is 17.2 Å². The lowest BCUT2D eigenvalue weighted by Gasteiger charge is -2.27. The molecule has 37 heavy (non-hydrogen) atoms. The molecule has 1 saturated heterocycles. The van der Waals surface area contributed by atoms with Crippen LogP contribution in [0.15, 0.2) is 48.0 Å². The van der Waals surface area contributed by atoms with E-state index in [4.69, 9.17) is 14.2 Å². The molecule has 8 heteroatoms. The summed E-state index contributed by atoms with van der Waals surface area (Å²) in [5.41, 5.74) is 1.15. The van der Waals surface area contributed by atoms with Gasteiger partial charge in [-0.2, -0.15) is 0 Å². The number of rotatable bonds is 13. The maximum Gasteiger partial charge on any atom is 0.295 e. The van der Waals surface area contributed by atoms with E-state index < -0.39 is 17.7 Å². The van der Waals surface area contributed by atoms with Gasteiger partial charge in [0.15, 0.2) is 11.5 Å². The lowest BCUT2D eigenvalue weighted by Crippen LogP contribution is -2.33. The number of nitrogens with zero attached hydrogens (tertiary/aromatic N) is 2. The molecule has 0 unspecified atom stereocenters. The highest BCUT2D eigenvalue weighted by atomic mass is 16.5. The number of carbonyl (C=O) groups is 2. The second-order valence-corrected chi connectivity index (χ2v) is 8.86. The fraction of sp³-hybridized carbons (Fsp3) is 0.448. The van der Waals surface area contributed by atoms with E-state index in [1.54, 1.807) is 55.5 Å². The number of amides is 1. The van der Waals surface area contributed by atoms with E-state index in [-0.39, 0.29) is 11.3 Å². The molecule has 0 aromatic heterocycles. The molecule has 1 aliphatic rings. The first-order valence-corrected chi connectivity index (χ1v) is 12.9. The predicted octanol–water partition coefficient (Wildman–Crippen LogP) is 4.65. The third-order valence-electron chi connectivity index (χ3n) is 6.64. The molecule has 0 saturated carbocycles. The van der Waals surface area contributed by atoms with Crippen LogP contribution < -0.4 is 14.2 Å². The average molecular weight is 511 g/mol. The first kappa shape index (κ1) is 28.1. The number of ketones is 1. The summed E-state index contributed by atoms with van der Waals surface area (Å²) < 4.78 is 16.6. The van der Waals surface area contributed by atoms with E-state index in [0.29, 0.717) is 47.9 Å². The van der Waals surface area contributed by atoms with Gasteiger partial charge in [-0.05, 0) is 74.4 Å². The van der Waals surface area contributed by atoms with Crippen molar-refractivity contribution in [2.75, 3.05) is 47.0 Å². The van der Waals surface area contributed by atoms with Crippen molar-refractivity contribution in [3.05, 3.63) is 59.2 Å². The van der Waals surface area contributed by atoms with Crippen molar-refractivity contribution in [2.45, 2.75) is 39.7 Å². The van der Waals surface area contributed by atoms with Crippen LogP contribution in [-0.4, -0.2) is 73.6 Å². The Bertz CT molecular complexity index is 1110. The van der Waals surface area contributed by atoms with Gasteiger partial charge in [0.05, 0.1) is 32.4 Å². The topological polar surface area (TPSA) is 88.5 Å². The number of carbonyl (C=O) groups excluding carboxylic acids is 2. The molecular weight excluding hydrogens is 472 g/mol. The molecule has 0 aliphatic carbocycles. The Kier molecular flexibility index (Phi) is 9.97. The highest BCUT2D eigenvalue weighted by Crippen LogP contribution is 2.42. The molecule has 2 aromatic carbocycles. The smallest absolute Gasteiger partial charge is 0.295 e. The average Bonchev–Trinajstić information content (AvgIpc) is 3.18. The molecule has 1 aliphatic heterocycles. The van der Waals surface area contributed by atoms with Crippen LogP contribution >= 0.6 is 0 Å². The van der Waals surface area contributed by atoms with E-state index in [9.17, 15) is 14.7 Å². The van der Waals surface area contributed by atoms with Crippen LogP contribution in [0.3, 0.4) is 0 Å². The monoisotopic (exact) mass is 510 g/mol. The van der Waals surface area contributed by atoms with Gasteiger partial charge in [-0.3, -0.25) is 9.59 Å². The summed E-state index contributed by atoms with van der Waals surface area (Å²) in [6.07, 6.45) is 1.54. The Hall–Kier alpha value is -3.52. The summed E-state index contributed by atoms with van der Waals surface area (Å²) in [6.45, 7) is 9.75. The van der Waals surface area contributed by atoms with Gasteiger partial charge >= 0.3 is 0 Å². The summed E-state index contributed by atoms with van der Waals surface area (Å²) in [4.78, 5) is 30.4. The second kappa shape index (κ2) is 13.1. The van der Waals surface area contributed by atoms with Gasteiger partial charge in [0.2, 0.25) is 0 Å². The Morgan fingerprint density at radius 2 is 1.68 bits per heavy atom. The van der Waals surface area contributed by atoms with Crippen LogP contribution in [0.2, 0.25) is 0 Å². The van der Waals surface area contributed by atoms with E-state index in [2.05, 4.69) is 18.7 Å². The first-order chi connectivity index (χ1) is 17.9. The molecule has 200 valence electrons. The molecule has 2 aromatic rings. The summed E-state index contributed by atoms with van der Waals surface area (Å²) in [7, 11) is 3.11. The largest absolute Gasteiger partial charge is 0.507 e. The molecule has 3 rings (SSSR count). The normalized spacial score (nSPS) is 16.9. The molecule has 0 radical (unpaired) electrons. The first-order valence-electron chi connectivity index (χ1n) is 12.9. The van der Waals surface area contributed by atoms with Crippen LogP contribution in [-0.2, 0) is 9.59 Å². The van der Waals surface area contributed by atoms with Crippen LogP contribution in [0.4, 0.5) is 0 Å². The molecule has 1 fully saturated rings. The number of hydrogen-bond acceptors (Lipinski definition) is 7. The van der Waals surface area contributed by atoms with Crippen LogP contribution in [0.1, 0.15) is 50.8 Å². The van der Waals surface area contributed by atoms with Crippen molar-refractivity contribution < 1.29 is 28.9 Å². The third-order valence-corrected chi connectivity index (χ3v) is 6.64. The van der Waals surface area contributed by atoms with E-state index in [1.165, 1.54) is 0 Å². The standard InChI is InChI=1S/C29H38N2O6/c1-6-18-37-23-15-12-21(19-24(23)36-5)26-25(27(32)20-10-13-22(35-4)14-11-20)28(33)29(34)31(26)17-9-16-30(7-2)8-3/h10-15,19,26,32H,6-9,16-18H2,1-5H3/t26-/m1/s1. The highest BCUT2D eigenvalue weighted by Gasteiger charge is 2.46. The number of hydrogen-bond donors (Lipinski definition) is 1. The predicted molar refractivity (Wildman–Crippen MR) is 143 cm³/mol. The fourth-order valence-corrected chi connectivity index (χ4v) is 4.55. The van der Waals surface area contributed by atoms with Crippen LogP contribution in [0.25, 0.3) is 5.76 Å². The highest BCUT2D eigenvalue weighted by molar-refractivity contribution is 6.46. The molecule has 0 bridgehead atoms. The number of aliphatic hydroxyl groups is 1. The van der Waals surface area contributed by atoms with E-state index >= 15 is 0 Å². The molecule has 8 nitrogen and oxygen atoms in total. The number of methoxy groups -OCH3 is 2. The summed E-state index contributed by atoms with van der Waals surface area (Å²) in [5.74, 6) is 0.169. The maximum atomic E-state index is 13.3. The van der Waals surface area contributed by atoms with Crippen molar-refractivity contribution in [1.82, 2.24) is 9.80 Å². The second-order valence-electron chi connectivity index (χ2n) is 8.86. The van der Waals surface area contributed by atoms with Gasteiger partial charge in [0.25, 0.3) is 11.7 Å². The van der Waals surface area contributed by atoms with E-state index in [1.807, 2.05) is 13.0 Å². The zero-order valence-corrected chi connectivity index (χ0v) is 22.5. The van der Waals surface area contributed by atoms with Crippen molar-refractivity contribution in [1.29, 1.82) is 0 Å². The molecule has 1 N–H and O–H groups in total. The Morgan fingerprint density at radius 3 is 2.27 bits per heavy atom. The molecule has 1 heterocycles. The minimum absolute atomic E-state index is 0.0577.